The molecule has 0 saturated heterocycles. The first-order valence-corrected chi connectivity index (χ1v) is 4.48. The smallest absolute Gasteiger partial charge is 0.303 e. The summed E-state index contributed by atoms with van der Waals surface area (Å²) in [7, 11) is 0. The molecule has 1 rings (SSSR count). The van der Waals surface area contributed by atoms with E-state index < -0.39 is 10.8 Å². The van der Waals surface area contributed by atoms with Crippen molar-refractivity contribution >= 4 is 23.6 Å². The summed E-state index contributed by atoms with van der Waals surface area (Å²) in [6.45, 7) is 2.83. The minimum atomic E-state index is -0.679. The Bertz CT molecular complexity index is 468. The van der Waals surface area contributed by atoms with Crippen molar-refractivity contribution in [3.63, 3.8) is 0 Å². The van der Waals surface area contributed by atoms with Crippen molar-refractivity contribution < 1.29 is 14.5 Å². The predicted molar refractivity (Wildman–Crippen MR) is 57.5 cm³/mol. The number of anilines is 1. The summed E-state index contributed by atoms with van der Waals surface area (Å²) in [5, 5.41) is 13.1. The molecule has 0 radical (unpaired) electrons. The number of hydrogen-bond acceptors (Lipinski definition) is 4. The fraction of sp³-hybridized carbons (Fsp3) is 0.200. The van der Waals surface area contributed by atoms with Crippen LogP contribution in [0.2, 0.25) is 0 Å². The van der Waals surface area contributed by atoms with Crippen molar-refractivity contribution in [3.8, 4) is 0 Å². The summed E-state index contributed by atoms with van der Waals surface area (Å²) in [5.41, 5.74) is 0.141. The molecule has 1 aromatic rings. The highest BCUT2D eigenvalue weighted by Gasteiger charge is 2.21. The van der Waals surface area contributed by atoms with Crippen molar-refractivity contribution in [2.24, 2.45) is 0 Å². The summed E-state index contributed by atoms with van der Waals surface area (Å²) < 4.78 is 0. The second-order valence-electron chi connectivity index (χ2n) is 3.25. The average molecular weight is 222 g/mol. The molecule has 0 aliphatic heterocycles. The fourth-order valence-corrected chi connectivity index (χ4v) is 1.34. The number of rotatable bonds is 3. The summed E-state index contributed by atoms with van der Waals surface area (Å²) in [6.07, 6.45) is 0.415. The molecule has 0 aliphatic carbocycles. The molecular formula is C10H10N2O4. The third-order valence-corrected chi connectivity index (χ3v) is 2.05. The highest BCUT2D eigenvalue weighted by Crippen LogP contribution is 2.29. The topological polar surface area (TPSA) is 89.3 Å². The molecule has 1 amide bonds. The van der Waals surface area contributed by atoms with Crippen LogP contribution in [0.4, 0.5) is 11.4 Å². The Balaban J connectivity index is 3.44. The maximum absolute atomic E-state index is 10.9. The predicted octanol–water partition coefficient (Wildman–Crippen LogP) is 1.67. The van der Waals surface area contributed by atoms with Crippen LogP contribution in [0.25, 0.3) is 0 Å². The molecule has 0 unspecified atom stereocenters. The van der Waals surface area contributed by atoms with Crippen LogP contribution in [-0.2, 0) is 4.79 Å². The quantitative estimate of drug-likeness (QED) is 0.478. The molecule has 0 saturated carbocycles. The lowest BCUT2D eigenvalue weighted by Gasteiger charge is -2.06. The molecule has 1 aromatic carbocycles. The van der Waals surface area contributed by atoms with E-state index in [1.165, 1.54) is 13.0 Å². The first-order chi connectivity index (χ1) is 7.47. The highest BCUT2D eigenvalue weighted by molar-refractivity contribution is 5.96. The van der Waals surface area contributed by atoms with Crippen LogP contribution in [0, 0.1) is 17.0 Å². The lowest BCUT2D eigenvalue weighted by Crippen LogP contribution is -2.10. The molecule has 0 bridgehead atoms. The molecule has 0 aromatic heterocycles. The Morgan fingerprint density at radius 2 is 2.12 bits per heavy atom. The number of aryl methyl sites for hydroxylation is 1. The average Bonchev–Trinajstić information content (AvgIpc) is 2.18. The number of nitrogens with one attached hydrogen (secondary N) is 1. The number of carbonyl (C=O) groups excluding carboxylic acids is 2. The summed E-state index contributed by atoms with van der Waals surface area (Å²) >= 11 is 0. The van der Waals surface area contributed by atoms with Gasteiger partial charge in [0.15, 0.2) is 6.29 Å². The third kappa shape index (κ3) is 2.22. The zero-order valence-electron chi connectivity index (χ0n) is 8.81. The minimum Gasteiger partial charge on any atom is -0.321 e. The van der Waals surface area contributed by atoms with Crippen molar-refractivity contribution in [3.05, 3.63) is 33.4 Å². The minimum absolute atomic E-state index is 0.0174. The van der Waals surface area contributed by atoms with Gasteiger partial charge in [0.05, 0.1) is 10.5 Å². The van der Waals surface area contributed by atoms with E-state index in [4.69, 9.17) is 0 Å². The molecule has 1 N–H and O–H groups in total. The number of carbonyl (C=O) groups is 2. The van der Waals surface area contributed by atoms with Crippen LogP contribution < -0.4 is 5.32 Å². The molecule has 16 heavy (non-hydrogen) atoms. The molecular weight excluding hydrogens is 212 g/mol. The van der Waals surface area contributed by atoms with E-state index in [0.717, 1.165) is 0 Å². The van der Waals surface area contributed by atoms with Crippen LogP contribution in [0.5, 0.6) is 0 Å². The van der Waals surface area contributed by atoms with Crippen molar-refractivity contribution in [1.82, 2.24) is 0 Å². The SMILES string of the molecule is CC(=O)Nc1ccc(C)c(C=O)c1[N+](=O)[O-]. The second kappa shape index (κ2) is 4.52. The fourth-order valence-electron chi connectivity index (χ4n) is 1.34. The van der Waals surface area contributed by atoms with Gasteiger partial charge in [-0.1, -0.05) is 6.07 Å². The van der Waals surface area contributed by atoms with Gasteiger partial charge in [-0.15, -0.1) is 0 Å². The molecule has 0 fully saturated rings. The van der Waals surface area contributed by atoms with Gasteiger partial charge in [0.2, 0.25) is 5.91 Å². The Labute approximate surface area is 91.4 Å². The van der Waals surface area contributed by atoms with E-state index in [2.05, 4.69) is 5.32 Å². The zero-order valence-corrected chi connectivity index (χ0v) is 8.81. The van der Waals surface area contributed by atoms with E-state index in [1.807, 2.05) is 0 Å². The highest BCUT2D eigenvalue weighted by atomic mass is 16.6. The number of benzene rings is 1. The number of nitrogens with zero attached hydrogens (tertiary/aromatic N) is 1. The molecule has 0 atom stereocenters. The number of nitro groups is 1. The molecule has 0 spiro atoms. The van der Waals surface area contributed by atoms with Crippen molar-refractivity contribution in [2.75, 3.05) is 5.32 Å². The van der Waals surface area contributed by atoms with E-state index >= 15 is 0 Å². The van der Waals surface area contributed by atoms with Gasteiger partial charge in [-0.2, -0.15) is 0 Å². The Hall–Kier alpha value is -2.24. The largest absolute Gasteiger partial charge is 0.321 e. The van der Waals surface area contributed by atoms with Gasteiger partial charge < -0.3 is 5.32 Å². The Kier molecular flexibility index (Phi) is 3.34. The molecule has 0 aliphatic rings. The van der Waals surface area contributed by atoms with E-state index in [1.54, 1.807) is 13.0 Å². The summed E-state index contributed by atoms with van der Waals surface area (Å²) in [4.78, 5) is 31.8. The third-order valence-electron chi connectivity index (χ3n) is 2.05. The summed E-state index contributed by atoms with van der Waals surface area (Å²) in [6, 6.07) is 2.95. The lowest BCUT2D eigenvalue weighted by atomic mass is 10.1. The zero-order chi connectivity index (χ0) is 12.3. The molecule has 6 heteroatoms. The van der Waals surface area contributed by atoms with Gasteiger partial charge in [-0.05, 0) is 18.6 Å². The van der Waals surface area contributed by atoms with Gasteiger partial charge in [0.25, 0.3) is 0 Å². The van der Waals surface area contributed by atoms with E-state index in [0.29, 0.717) is 11.8 Å². The molecule has 0 heterocycles. The molecule has 84 valence electrons. The number of nitro benzene ring substituents is 1. The second-order valence-corrected chi connectivity index (χ2v) is 3.25. The lowest BCUT2D eigenvalue weighted by molar-refractivity contribution is -0.384. The number of aldehydes is 1. The first kappa shape index (κ1) is 11.8. The summed E-state index contributed by atoms with van der Waals surface area (Å²) in [5.74, 6) is -0.427. The van der Waals surface area contributed by atoms with Crippen LogP contribution in [-0.4, -0.2) is 17.1 Å². The first-order valence-electron chi connectivity index (χ1n) is 4.48. The van der Waals surface area contributed by atoms with Gasteiger partial charge in [-0.3, -0.25) is 19.7 Å². The van der Waals surface area contributed by atoms with Crippen LogP contribution in [0.3, 0.4) is 0 Å². The maximum atomic E-state index is 10.9. The number of amides is 1. The Morgan fingerprint density at radius 3 is 2.56 bits per heavy atom. The normalized spacial score (nSPS) is 9.62. The molecule has 6 nitrogen and oxygen atoms in total. The van der Waals surface area contributed by atoms with Crippen molar-refractivity contribution in [2.45, 2.75) is 13.8 Å². The van der Waals surface area contributed by atoms with Gasteiger partial charge in [0.1, 0.15) is 5.69 Å². The van der Waals surface area contributed by atoms with Crippen LogP contribution in [0.15, 0.2) is 12.1 Å². The standard InChI is InChI=1S/C10H10N2O4/c1-6-3-4-9(11-7(2)14)10(12(15)16)8(6)5-13/h3-5H,1-2H3,(H,11,14). The Morgan fingerprint density at radius 1 is 1.50 bits per heavy atom. The van der Waals surface area contributed by atoms with Gasteiger partial charge in [-0.25, -0.2) is 0 Å². The number of hydrogen-bond donors (Lipinski definition) is 1. The van der Waals surface area contributed by atoms with E-state index in [-0.39, 0.29) is 16.9 Å². The van der Waals surface area contributed by atoms with Gasteiger partial charge in [0, 0.05) is 6.92 Å². The van der Waals surface area contributed by atoms with Crippen LogP contribution >= 0.6 is 0 Å². The maximum Gasteiger partial charge on any atom is 0.303 e. The van der Waals surface area contributed by atoms with Gasteiger partial charge >= 0.3 is 5.69 Å². The van der Waals surface area contributed by atoms with Crippen molar-refractivity contribution in [1.29, 1.82) is 0 Å². The van der Waals surface area contributed by atoms with Crippen LogP contribution in [0.1, 0.15) is 22.8 Å². The van der Waals surface area contributed by atoms with E-state index in [9.17, 15) is 19.7 Å². The monoisotopic (exact) mass is 222 g/mol.